The topological polar surface area (TPSA) is 60.2 Å². The van der Waals surface area contributed by atoms with E-state index in [9.17, 15) is 4.79 Å². The Labute approximate surface area is 165 Å². The number of pyridine rings is 1. The first-order valence-corrected chi connectivity index (χ1v) is 9.87. The van der Waals surface area contributed by atoms with Gasteiger partial charge in [-0.05, 0) is 36.8 Å². The van der Waals surface area contributed by atoms with Gasteiger partial charge in [-0.15, -0.1) is 0 Å². The quantitative estimate of drug-likeness (QED) is 0.661. The molecule has 2 aromatic heterocycles. The summed E-state index contributed by atoms with van der Waals surface area (Å²) < 4.78 is 7.28. The van der Waals surface area contributed by atoms with Gasteiger partial charge in [0, 0.05) is 39.5 Å². The van der Waals surface area contributed by atoms with Gasteiger partial charge in [0.15, 0.2) is 5.65 Å². The van der Waals surface area contributed by atoms with Gasteiger partial charge in [-0.25, -0.2) is 9.97 Å². The number of methoxy groups -OCH3 is 1. The molecule has 0 aliphatic carbocycles. The Morgan fingerprint density at radius 1 is 1.18 bits per heavy atom. The first kappa shape index (κ1) is 18.6. The van der Waals surface area contributed by atoms with Crippen LogP contribution < -0.4 is 0 Å². The molecule has 28 heavy (non-hydrogen) atoms. The van der Waals surface area contributed by atoms with Crippen molar-refractivity contribution >= 4 is 17.1 Å². The van der Waals surface area contributed by atoms with Gasteiger partial charge in [0.1, 0.15) is 5.52 Å². The first-order valence-electron chi connectivity index (χ1n) is 9.87. The van der Waals surface area contributed by atoms with Crippen molar-refractivity contribution in [3.05, 3.63) is 60.0 Å². The lowest BCUT2D eigenvalue weighted by molar-refractivity contribution is 0.0613. The third-order valence-corrected chi connectivity index (χ3v) is 5.49. The summed E-state index contributed by atoms with van der Waals surface area (Å²) in [6.07, 6.45) is 6.40. The molecular formula is C22H26N4O2. The second kappa shape index (κ2) is 8.52. The highest BCUT2D eigenvalue weighted by atomic mass is 16.5. The van der Waals surface area contributed by atoms with E-state index in [-0.39, 0.29) is 5.91 Å². The van der Waals surface area contributed by atoms with Crippen LogP contribution in [0.15, 0.2) is 48.9 Å². The van der Waals surface area contributed by atoms with Crippen LogP contribution in [-0.2, 0) is 17.7 Å². The maximum atomic E-state index is 12.8. The number of carbonyl (C=O) groups is 1. The Morgan fingerprint density at radius 3 is 2.71 bits per heavy atom. The number of imidazole rings is 1. The van der Waals surface area contributed by atoms with Gasteiger partial charge in [-0.2, -0.15) is 0 Å². The molecule has 3 aromatic rings. The SMILES string of the molecule is COCC1CCN(C(=O)c2cnc3c(c2)ncn3CCc2ccccc2)CC1. The summed E-state index contributed by atoms with van der Waals surface area (Å²) in [6.45, 7) is 3.14. The summed E-state index contributed by atoms with van der Waals surface area (Å²) >= 11 is 0. The molecule has 0 saturated carbocycles. The zero-order valence-corrected chi connectivity index (χ0v) is 16.3. The number of ether oxygens (including phenoxy) is 1. The summed E-state index contributed by atoms with van der Waals surface area (Å²) in [5.41, 5.74) is 3.50. The molecule has 1 aliphatic heterocycles. The van der Waals surface area contributed by atoms with E-state index in [2.05, 4.69) is 34.2 Å². The molecule has 1 amide bonds. The third-order valence-electron chi connectivity index (χ3n) is 5.49. The molecule has 0 spiro atoms. The van der Waals surface area contributed by atoms with E-state index in [4.69, 9.17) is 4.74 Å². The van der Waals surface area contributed by atoms with Crippen molar-refractivity contribution in [1.82, 2.24) is 19.4 Å². The molecule has 3 heterocycles. The van der Waals surface area contributed by atoms with E-state index in [1.807, 2.05) is 27.9 Å². The van der Waals surface area contributed by atoms with Crippen LogP contribution in [-0.4, -0.2) is 52.1 Å². The molecule has 1 fully saturated rings. The van der Waals surface area contributed by atoms with Gasteiger partial charge in [0.2, 0.25) is 0 Å². The molecule has 0 bridgehead atoms. The van der Waals surface area contributed by atoms with Crippen molar-refractivity contribution in [3.63, 3.8) is 0 Å². The van der Waals surface area contributed by atoms with Crippen LogP contribution in [0.4, 0.5) is 0 Å². The highest BCUT2D eigenvalue weighted by molar-refractivity contribution is 5.96. The maximum Gasteiger partial charge on any atom is 0.255 e. The predicted octanol–water partition coefficient (Wildman–Crippen LogP) is 3.17. The van der Waals surface area contributed by atoms with E-state index < -0.39 is 0 Å². The second-order valence-electron chi connectivity index (χ2n) is 7.43. The molecule has 6 nitrogen and oxygen atoms in total. The van der Waals surface area contributed by atoms with Crippen LogP contribution in [0.2, 0.25) is 0 Å². The van der Waals surface area contributed by atoms with Crippen molar-refractivity contribution in [3.8, 4) is 0 Å². The lowest BCUT2D eigenvalue weighted by Gasteiger charge is -2.31. The van der Waals surface area contributed by atoms with E-state index in [0.29, 0.717) is 11.5 Å². The Hall–Kier alpha value is -2.73. The first-order chi connectivity index (χ1) is 13.7. The van der Waals surface area contributed by atoms with Crippen LogP contribution >= 0.6 is 0 Å². The molecule has 6 heteroatoms. The minimum absolute atomic E-state index is 0.0455. The molecule has 0 radical (unpaired) electrons. The van der Waals surface area contributed by atoms with E-state index in [1.54, 1.807) is 13.3 Å². The fourth-order valence-electron chi connectivity index (χ4n) is 3.84. The average molecular weight is 378 g/mol. The fraction of sp³-hybridized carbons (Fsp3) is 0.409. The number of aromatic nitrogens is 3. The smallest absolute Gasteiger partial charge is 0.255 e. The molecule has 0 N–H and O–H groups in total. The number of hydrogen-bond acceptors (Lipinski definition) is 4. The number of nitrogens with zero attached hydrogens (tertiary/aromatic N) is 4. The maximum absolute atomic E-state index is 12.8. The standard InChI is InChI=1S/C22H26N4O2/c1-28-15-18-8-10-25(11-9-18)22(27)19-13-20-21(23-14-19)26(16-24-20)12-7-17-5-3-2-4-6-17/h2-6,13-14,16,18H,7-12,15H2,1H3. The van der Waals surface area contributed by atoms with Crippen molar-refractivity contribution in [2.45, 2.75) is 25.8 Å². The van der Waals surface area contributed by atoms with Gasteiger partial charge in [-0.1, -0.05) is 30.3 Å². The number of benzene rings is 1. The molecule has 146 valence electrons. The summed E-state index contributed by atoms with van der Waals surface area (Å²) in [7, 11) is 1.73. The highest BCUT2D eigenvalue weighted by Crippen LogP contribution is 2.20. The Kier molecular flexibility index (Phi) is 5.67. The summed E-state index contributed by atoms with van der Waals surface area (Å²) in [5, 5.41) is 0. The average Bonchev–Trinajstić information content (AvgIpc) is 3.15. The Balaban J connectivity index is 1.43. The number of fused-ring (bicyclic) bond motifs is 1. The van der Waals surface area contributed by atoms with E-state index >= 15 is 0 Å². The fourth-order valence-corrected chi connectivity index (χ4v) is 3.84. The van der Waals surface area contributed by atoms with Gasteiger partial charge < -0.3 is 14.2 Å². The zero-order chi connectivity index (χ0) is 19.3. The van der Waals surface area contributed by atoms with Crippen LogP contribution in [0.5, 0.6) is 0 Å². The zero-order valence-electron chi connectivity index (χ0n) is 16.3. The second-order valence-corrected chi connectivity index (χ2v) is 7.43. The number of likely N-dealkylation sites (tertiary alicyclic amines) is 1. The van der Waals surface area contributed by atoms with Crippen LogP contribution in [0.3, 0.4) is 0 Å². The minimum Gasteiger partial charge on any atom is -0.384 e. The molecule has 1 aliphatic rings. The predicted molar refractivity (Wildman–Crippen MR) is 108 cm³/mol. The molecule has 1 saturated heterocycles. The highest BCUT2D eigenvalue weighted by Gasteiger charge is 2.24. The van der Waals surface area contributed by atoms with Crippen molar-refractivity contribution < 1.29 is 9.53 Å². The normalized spacial score (nSPS) is 15.2. The Morgan fingerprint density at radius 2 is 1.96 bits per heavy atom. The largest absolute Gasteiger partial charge is 0.384 e. The van der Waals surface area contributed by atoms with Crippen LogP contribution in [0.25, 0.3) is 11.2 Å². The van der Waals surface area contributed by atoms with E-state index in [0.717, 1.165) is 56.7 Å². The van der Waals surface area contributed by atoms with Crippen molar-refractivity contribution in [2.75, 3.05) is 26.8 Å². The van der Waals surface area contributed by atoms with Crippen LogP contribution in [0.1, 0.15) is 28.8 Å². The third kappa shape index (κ3) is 4.07. The number of amides is 1. The number of piperidine rings is 1. The molecule has 0 atom stereocenters. The number of aryl methyl sites for hydroxylation is 2. The lowest BCUT2D eigenvalue weighted by atomic mass is 9.97. The molecule has 0 unspecified atom stereocenters. The molecular weight excluding hydrogens is 352 g/mol. The summed E-state index contributed by atoms with van der Waals surface area (Å²) in [5.74, 6) is 0.596. The number of carbonyl (C=O) groups excluding carboxylic acids is 1. The molecule has 4 rings (SSSR count). The van der Waals surface area contributed by atoms with Gasteiger partial charge in [0.05, 0.1) is 11.9 Å². The monoisotopic (exact) mass is 378 g/mol. The Bertz CT molecular complexity index is 930. The lowest BCUT2D eigenvalue weighted by Crippen LogP contribution is -2.39. The van der Waals surface area contributed by atoms with Crippen molar-refractivity contribution in [1.29, 1.82) is 0 Å². The van der Waals surface area contributed by atoms with Gasteiger partial charge in [0.25, 0.3) is 5.91 Å². The molecule has 1 aromatic carbocycles. The number of hydrogen-bond donors (Lipinski definition) is 0. The number of rotatable bonds is 6. The minimum atomic E-state index is 0.0455. The van der Waals surface area contributed by atoms with Gasteiger partial charge in [-0.3, -0.25) is 4.79 Å². The van der Waals surface area contributed by atoms with Gasteiger partial charge >= 0.3 is 0 Å². The van der Waals surface area contributed by atoms with E-state index in [1.165, 1.54) is 5.56 Å². The summed E-state index contributed by atoms with van der Waals surface area (Å²) in [6, 6.07) is 12.2. The van der Waals surface area contributed by atoms with Crippen LogP contribution in [0, 0.1) is 5.92 Å². The van der Waals surface area contributed by atoms with Crippen molar-refractivity contribution in [2.24, 2.45) is 5.92 Å². The summed E-state index contributed by atoms with van der Waals surface area (Å²) in [4.78, 5) is 23.8.